The van der Waals surface area contributed by atoms with E-state index in [0.717, 1.165) is 6.42 Å². The summed E-state index contributed by atoms with van der Waals surface area (Å²) in [7, 11) is 0. The summed E-state index contributed by atoms with van der Waals surface area (Å²) in [6, 6.07) is 0. The molecule has 0 saturated heterocycles. The zero-order valence-electron chi connectivity index (χ0n) is 5.99. The SMILES string of the molecule is CCCC(C)(C)NN. The second-order valence-corrected chi connectivity index (χ2v) is 2.78. The van der Waals surface area contributed by atoms with Gasteiger partial charge in [0, 0.05) is 5.54 Å². The predicted octanol–water partition coefficient (Wildman–Crippen LogP) is 1.03. The highest BCUT2D eigenvalue weighted by molar-refractivity contribution is 4.72. The van der Waals surface area contributed by atoms with Crippen molar-refractivity contribution in [1.82, 2.24) is 5.43 Å². The molecule has 50 valence electrons. The lowest BCUT2D eigenvalue weighted by Crippen LogP contribution is -2.43. The number of hydrogen-bond acceptors (Lipinski definition) is 2. The second kappa shape index (κ2) is 3.05. The maximum Gasteiger partial charge on any atom is 0.0265 e. The van der Waals surface area contributed by atoms with Crippen molar-refractivity contribution in [3.8, 4) is 0 Å². The van der Waals surface area contributed by atoms with E-state index in [1.54, 1.807) is 0 Å². The smallest absolute Gasteiger partial charge is 0.0265 e. The summed E-state index contributed by atoms with van der Waals surface area (Å²) in [5.41, 5.74) is 2.86. The first-order valence-corrected chi connectivity index (χ1v) is 3.10. The molecule has 0 bridgehead atoms. The highest BCUT2D eigenvalue weighted by atomic mass is 15.3. The van der Waals surface area contributed by atoms with Crippen LogP contribution in [0.2, 0.25) is 0 Å². The molecule has 2 heteroatoms. The highest BCUT2D eigenvalue weighted by Crippen LogP contribution is 2.07. The van der Waals surface area contributed by atoms with E-state index in [-0.39, 0.29) is 5.54 Å². The van der Waals surface area contributed by atoms with Gasteiger partial charge in [0.25, 0.3) is 0 Å². The first kappa shape index (κ1) is 7.92. The Kier molecular flexibility index (Phi) is 3.02. The van der Waals surface area contributed by atoms with Gasteiger partial charge >= 0.3 is 0 Å². The zero-order valence-corrected chi connectivity index (χ0v) is 5.99. The van der Waals surface area contributed by atoms with Gasteiger partial charge in [-0.15, -0.1) is 0 Å². The number of rotatable bonds is 3. The molecule has 0 rings (SSSR count). The van der Waals surface area contributed by atoms with Crippen LogP contribution in [0, 0.1) is 0 Å². The van der Waals surface area contributed by atoms with Crippen LogP contribution in [0.5, 0.6) is 0 Å². The Balaban J connectivity index is 3.37. The third-order valence-electron chi connectivity index (χ3n) is 1.27. The van der Waals surface area contributed by atoms with Gasteiger partial charge in [-0.1, -0.05) is 13.3 Å². The van der Waals surface area contributed by atoms with Gasteiger partial charge in [0.2, 0.25) is 0 Å². The summed E-state index contributed by atoms with van der Waals surface area (Å²) in [5.74, 6) is 5.24. The Labute approximate surface area is 51.4 Å². The minimum absolute atomic E-state index is 0.120. The number of hydrogen-bond donors (Lipinski definition) is 2. The summed E-state index contributed by atoms with van der Waals surface area (Å²) >= 11 is 0. The number of hydrazine groups is 1. The van der Waals surface area contributed by atoms with Crippen LogP contribution >= 0.6 is 0 Å². The van der Waals surface area contributed by atoms with Crippen LogP contribution in [-0.2, 0) is 0 Å². The van der Waals surface area contributed by atoms with Crippen LogP contribution in [0.1, 0.15) is 33.6 Å². The maximum atomic E-state index is 5.24. The van der Waals surface area contributed by atoms with Gasteiger partial charge in [-0.2, -0.15) is 0 Å². The molecule has 0 heterocycles. The van der Waals surface area contributed by atoms with Crippen LogP contribution in [0.25, 0.3) is 0 Å². The highest BCUT2D eigenvalue weighted by Gasteiger charge is 2.11. The molecule has 8 heavy (non-hydrogen) atoms. The Hall–Kier alpha value is -0.0800. The van der Waals surface area contributed by atoms with E-state index in [1.165, 1.54) is 6.42 Å². The normalized spacial score (nSPS) is 12.0. The van der Waals surface area contributed by atoms with Gasteiger partial charge in [-0.3, -0.25) is 11.3 Å². The standard InChI is InChI=1S/C6H16N2/c1-4-5-6(2,3)8-7/h8H,4-5,7H2,1-3H3. The molecular weight excluding hydrogens is 100 g/mol. The lowest BCUT2D eigenvalue weighted by Gasteiger charge is -2.21. The first-order valence-electron chi connectivity index (χ1n) is 3.10. The third-order valence-corrected chi connectivity index (χ3v) is 1.27. The molecule has 0 aromatic carbocycles. The summed E-state index contributed by atoms with van der Waals surface area (Å²) in [5, 5.41) is 0. The van der Waals surface area contributed by atoms with Crippen molar-refractivity contribution in [2.45, 2.75) is 39.2 Å². The molecule has 0 spiro atoms. The van der Waals surface area contributed by atoms with E-state index in [4.69, 9.17) is 5.84 Å². The zero-order chi connectivity index (χ0) is 6.62. The van der Waals surface area contributed by atoms with Crippen molar-refractivity contribution < 1.29 is 0 Å². The Morgan fingerprint density at radius 1 is 1.50 bits per heavy atom. The first-order chi connectivity index (χ1) is 3.62. The average Bonchev–Trinajstić information content (AvgIpc) is 1.67. The molecule has 0 aliphatic heterocycles. The molecule has 0 amide bonds. The average molecular weight is 116 g/mol. The molecule has 0 aromatic rings. The van der Waals surface area contributed by atoms with Crippen molar-refractivity contribution in [1.29, 1.82) is 0 Å². The van der Waals surface area contributed by atoms with Crippen molar-refractivity contribution in [3.63, 3.8) is 0 Å². The topological polar surface area (TPSA) is 38.0 Å². The van der Waals surface area contributed by atoms with E-state index in [9.17, 15) is 0 Å². The molecule has 3 N–H and O–H groups in total. The monoisotopic (exact) mass is 116 g/mol. The van der Waals surface area contributed by atoms with Gasteiger partial charge in [-0.25, -0.2) is 0 Å². The molecule has 0 saturated carbocycles. The van der Waals surface area contributed by atoms with Gasteiger partial charge in [0.1, 0.15) is 0 Å². The van der Waals surface area contributed by atoms with Crippen molar-refractivity contribution >= 4 is 0 Å². The quantitative estimate of drug-likeness (QED) is 0.427. The van der Waals surface area contributed by atoms with Gasteiger partial charge < -0.3 is 0 Å². The van der Waals surface area contributed by atoms with E-state index >= 15 is 0 Å². The summed E-state index contributed by atoms with van der Waals surface area (Å²) in [4.78, 5) is 0. The molecule has 0 aliphatic carbocycles. The summed E-state index contributed by atoms with van der Waals surface area (Å²) < 4.78 is 0. The van der Waals surface area contributed by atoms with Crippen molar-refractivity contribution in [2.75, 3.05) is 0 Å². The number of nitrogens with two attached hydrogens (primary N) is 1. The molecule has 0 aliphatic rings. The van der Waals surface area contributed by atoms with Crippen LogP contribution in [0.4, 0.5) is 0 Å². The molecule has 0 fully saturated rings. The molecular formula is C6H16N2. The number of nitrogens with one attached hydrogen (secondary N) is 1. The lowest BCUT2D eigenvalue weighted by molar-refractivity contribution is 0.366. The molecule has 2 nitrogen and oxygen atoms in total. The fourth-order valence-corrected chi connectivity index (χ4v) is 0.697. The fourth-order valence-electron chi connectivity index (χ4n) is 0.697. The van der Waals surface area contributed by atoms with Gasteiger partial charge in [0.15, 0.2) is 0 Å². The van der Waals surface area contributed by atoms with Crippen LogP contribution in [-0.4, -0.2) is 5.54 Å². The summed E-state index contributed by atoms with van der Waals surface area (Å²) in [6.45, 7) is 6.34. The second-order valence-electron chi connectivity index (χ2n) is 2.78. The van der Waals surface area contributed by atoms with Crippen LogP contribution < -0.4 is 11.3 Å². The Morgan fingerprint density at radius 2 is 2.00 bits per heavy atom. The minimum Gasteiger partial charge on any atom is -0.271 e. The van der Waals surface area contributed by atoms with Gasteiger partial charge in [-0.05, 0) is 20.3 Å². The minimum atomic E-state index is 0.120. The van der Waals surface area contributed by atoms with E-state index in [1.807, 2.05) is 0 Å². The Morgan fingerprint density at radius 3 is 2.12 bits per heavy atom. The third kappa shape index (κ3) is 2.99. The lowest BCUT2D eigenvalue weighted by atomic mass is 10.0. The van der Waals surface area contributed by atoms with Crippen molar-refractivity contribution in [2.24, 2.45) is 5.84 Å². The molecule has 0 aromatic heterocycles. The summed E-state index contributed by atoms with van der Waals surface area (Å²) in [6.07, 6.45) is 2.31. The molecule has 0 atom stereocenters. The maximum absolute atomic E-state index is 5.24. The van der Waals surface area contributed by atoms with Crippen LogP contribution in [0.3, 0.4) is 0 Å². The van der Waals surface area contributed by atoms with Crippen LogP contribution in [0.15, 0.2) is 0 Å². The molecule has 0 unspecified atom stereocenters. The molecule has 0 radical (unpaired) electrons. The largest absolute Gasteiger partial charge is 0.271 e. The van der Waals surface area contributed by atoms with E-state index in [0.29, 0.717) is 0 Å². The van der Waals surface area contributed by atoms with E-state index < -0.39 is 0 Å². The Bertz CT molecular complexity index is 59.5. The van der Waals surface area contributed by atoms with E-state index in [2.05, 4.69) is 26.2 Å². The fraction of sp³-hybridized carbons (Fsp3) is 1.00. The predicted molar refractivity (Wildman–Crippen MR) is 36.3 cm³/mol. The van der Waals surface area contributed by atoms with Crippen molar-refractivity contribution in [3.05, 3.63) is 0 Å². The van der Waals surface area contributed by atoms with Gasteiger partial charge in [0.05, 0.1) is 0 Å².